The van der Waals surface area contributed by atoms with Crippen LogP contribution in [0, 0.1) is 0 Å². The van der Waals surface area contributed by atoms with Gasteiger partial charge in [-0.15, -0.1) is 11.8 Å². The average molecular weight is 320 g/mol. The van der Waals surface area contributed by atoms with Crippen LogP contribution in [0.5, 0.6) is 0 Å². The van der Waals surface area contributed by atoms with Crippen LogP contribution in [0.3, 0.4) is 0 Å². The predicted molar refractivity (Wildman–Crippen MR) is 81.3 cm³/mol. The van der Waals surface area contributed by atoms with Gasteiger partial charge in [-0.1, -0.05) is 12.1 Å². The molecular formula is C12H20N2O4S2. The van der Waals surface area contributed by atoms with Crippen LogP contribution in [0.15, 0.2) is 29.2 Å². The maximum atomic E-state index is 11.7. The van der Waals surface area contributed by atoms with E-state index in [9.17, 15) is 8.42 Å². The van der Waals surface area contributed by atoms with Gasteiger partial charge in [0.25, 0.3) is 0 Å². The van der Waals surface area contributed by atoms with Crippen LogP contribution in [0.25, 0.3) is 0 Å². The molecule has 0 aliphatic rings. The second-order valence-corrected chi connectivity index (χ2v) is 7.00. The molecule has 4 N–H and O–H groups in total. The summed E-state index contributed by atoms with van der Waals surface area (Å²) in [5, 5.41) is 8.50. The number of hydrogen-bond acceptors (Lipinski definition) is 6. The fourth-order valence-electron chi connectivity index (χ4n) is 1.38. The third kappa shape index (κ3) is 7.11. The van der Waals surface area contributed by atoms with Gasteiger partial charge in [-0.05, 0) is 12.1 Å². The van der Waals surface area contributed by atoms with E-state index >= 15 is 0 Å². The number of aliphatic hydroxyl groups excluding tert-OH is 1. The van der Waals surface area contributed by atoms with E-state index in [2.05, 4.69) is 4.72 Å². The molecule has 0 amide bonds. The minimum Gasteiger partial charge on any atom is -0.398 e. The summed E-state index contributed by atoms with van der Waals surface area (Å²) in [7, 11) is -3.31. The average Bonchev–Trinajstić information content (AvgIpc) is 2.40. The molecule has 0 bridgehead atoms. The Morgan fingerprint density at radius 2 is 2.05 bits per heavy atom. The second-order valence-electron chi connectivity index (χ2n) is 3.94. The first-order valence-electron chi connectivity index (χ1n) is 6.18. The Balaban J connectivity index is 2.24. The number of ether oxygens (including phenoxy) is 1. The zero-order chi connectivity index (χ0) is 14.8. The van der Waals surface area contributed by atoms with Crippen molar-refractivity contribution in [2.45, 2.75) is 4.90 Å². The molecule has 114 valence electrons. The van der Waals surface area contributed by atoms with Crippen LogP contribution in [0.2, 0.25) is 0 Å². The van der Waals surface area contributed by atoms with Gasteiger partial charge in [0.05, 0.1) is 25.6 Å². The van der Waals surface area contributed by atoms with Crippen molar-refractivity contribution in [3.8, 4) is 0 Å². The fraction of sp³-hybridized carbons (Fsp3) is 0.500. The van der Waals surface area contributed by atoms with Crippen molar-refractivity contribution in [2.75, 3.05) is 43.6 Å². The van der Waals surface area contributed by atoms with Crippen molar-refractivity contribution in [3.05, 3.63) is 24.3 Å². The van der Waals surface area contributed by atoms with E-state index in [-0.39, 0.29) is 32.1 Å². The quantitative estimate of drug-likeness (QED) is 0.325. The van der Waals surface area contributed by atoms with Crippen LogP contribution in [0.4, 0.5) is 5.69 Å². The van der Waals surface area contributed by atoms with Crippen molar-refractivity contribution in [3.63, 3.8) is 0 Å². The summed E-state index contributed by atoms with van der Waals surface area (Å²) >= 11 is 1.41. The standard InChI is InChI=1S/C12H20N2O4S2/c13-11-3-1-2-4-12(11)19-9-10-20(16,17)14-5-7-18-8-6-15/h1-4,14-15H,5-10,13H2. The number of hydrogen-bond donors (Lipinski definition) is 3. The van der Waals surface area contributed by atoms with Crippen molar-refractivity contribution < 1.29 is 18.3 Å². The Morgan fingerprint density at radius 1 is 1.30 bits per heavy atom. The Morgan fingerprint density at radius 3 is 2.75 bits per heavy atom. The molecule has 1 aromatic rings. The number of para-hydroxylation sites is 1. The minimum atomic E-state index is -3.31. The number of nitrogens with two attached hydrogens (primary N) is 1. The van der Waals surface area contributed by atoms with Gasteiger partial charge in [-0.2, -0.15) is 0 Å². The highest BCUT2D eigenvalue weighted by molar-refractivity contribution is 8.00. The van der Waals surface area contributed by atoms with E-state index in [0.717, 1.165) is 4.90 Å². The molecule has 8 heteroatoms. The zero-order valence-electron chi connectivity index (χ0n) is 11.1. The van der Waals surface area contributed by atoms with Gasteiger partial charge in [0, 0.05) is 22.9 Å². The first-order valence-corrected chi connectivity index (χ1v) is 8.82. The number of sulfonamides is 1. The highest BCUT2D eigenvalue weighted by atomic mass is 32.2. The highest BCUT2D eigenvalue weighted by Gasteiger charge is 2.10. The Kier molecular flexibility index (Phi) is 7.93. The van der Waals surface area contributed by atoms with Crippen molar-refractivity contribution in [1.82, 2.24) is 4.72 Å². The molecular weight excluding hydrogens is 300 g/mol. The van der Waals surface area contributed by atoms with Crippen LogP contribution in [-0.4, -0.2) is 51.4 Å². The van der Waals surface area contributed by atoms with Crippen molar-refractivity contribution >= 4 is 27.5 Å². The van der Waals surface area contributed by atoms with Gasteiger partial charge in [-0.3, -0.25) is 0 Å². The van der Waals surface area contributed by atoms with Crippen LogP contribution >= 0.6 is 11.8 Å². The van der Waals surface area contributed by atoms with E-state index < -0.39 is 10.0 Å². The van der Waals surface area contributed by atoms with E-state index in [1.807, 2.05) is 18.2 Å². The Labute approximate surface area is 123 Å². The number of anilines is 1. The Bertz CT molecular complexity index is 494. The van der Waals surface area contributed by atoms with Crippen LogP contribution in [-0.2, 0) is 14.8 Å². The number of nitrogens with one attached hydrogen (secondary N) is 1. The van der Waals surface area contributed by atoms with Gasteiger partial charge in [0.1, 0.15) is 0 Å². The molecule has 0 saturated heterocycles. The largest absolute Gasteiger partial charge is 0.398 e. The molecule has 0 aliphatic heterocycles. The van der Waals surface area contributed by atoms with Crippen LogP contribution in [0.1, 0.15) is 0 Å². The summed E-state index contributed by atoms with van der Waals surface area (Å²) in [5.41, 5.74) is 6.43. The topological polar surface area (TPSA) is 102 Å². The lowest BCUT2D eigenvalue weighted by molar-refractivity contribution is 0.0961. The summed E-state index contributed by atoms with van der Waals surface area (Å²) in [6.45, 7) is 0.603. The van der Waals surface area contributed by atoms with E-state index in [1.165, 1.54) is 11.8 Å². The number of benzene rings is 1. The molecule has 0 fully saturated rings. The highest BCUT2D eigenvalue weighted by Crippen LogP contribution is 2.24. The third-order valence-corrected chi connectivity index (χ3v) is 5.07. The number of aliphatic hydroxyl groups is 1. The van der Waals surface area contributed by atoms with Gasteiger partial charge in [0.15, 0.2) is 0 Å². The smallest absolute Gasteiger partial charge is 0.212 e. The number of thioether (sulfide) groups is 1. The molecule has 0 saturated carbocycles. The first kappa shape index (κ1) is 17.3. The SMILES string of the molecule is Nc1ccccc1SCCS(=O)(=O)NCCOCCO. The summed E-state index contributed by atoms with van der Waals surface area (Å²) in [6, 6.07) is 7.35. The third-order valence-electron chi connectivity index (χ3n) is 2.33. The maximum absolute atomic E-state index is 11.7. The molecule has 0 spiro atoms. The van der Waals surface area contributed by atoms with Crippen molar-refractivity contribution in [2.24, 2.45) is 0 Å². The minimum absolute atomic E-state index is 0.0198. The first-order chi connectivity index (χ1) is 9.55. The lowest BCUT2D eigenvalue weighted by Crippen LogP contribution is -2.30. The van der Waals surface area contributed by atoms with E-state index in [0.29, 0.717) is 11.4 Å². The second kappa shape index (κ2) is 9.19. The number of nitrogen functional groups attached to an aromatic ring is 1. The van der Waals surface area contributed by atoms with Gasteiger partial charge >= 0.3 is 0 Å². The lowest BCUT2D eigenvalue weighted by Gasteiger charge is -2.08. The fourth-order valence-corrected chi connectivity index (χ4v) is 3.76. The summed E-state index contributed by atoms with van der Waals surface area (Å²) in [6.07, 6.45) is 0. The molecule has 6 nitrogen and oxygen atoms in total. The molecule has 1 rings (SSSR count). The van der Waals surface area contributed by atoms with Crippen molar-refractivity contribution in [1.29, 1.82) is 0 Å². The molecule has 0 radical (unpaired) electrons. The summed E-state index contributed by atoms with van der Waals surface area (Å²) in [5.74, 6) is 0.451. The molecule has 0 aromatic heterocycles. The molecule has 20 heavy (non-hydrogen) atoms. The normalized spacial score (nSPS) is 11.7. The Hall–Kier alpha value is -0.800. The zero-order valence-corrected chi connectivity index (χ0v) is 12.8. The molecule has 0 aliphatic carbocycles. The predicted octanol–water partition coefficient (Wildman–Crippen LogP) is 0.289. The van der Waals surface area contributed by atoms with E-state index in [4.69, 9.17) is 15.6 Å². The monoisotopic (exact) mass is 320 g/mol. The van der Waals surface area contributed by atoms with E-state index in [1.54, 1.807) is 6.07 Å². The molecule has 1 aromatic carbocycles. The van der Waals surface area contributed by atoms with Crippen LogP contribution < -0.4 is 10.5 Å². The lowest BCUT2D eigenvalue weighted by atomic mass is 10.3. The molecule has 0 unspecified atom stereocenters. The number of rotatable bonds is 10. The summed E-state index contributed by atoms with van der Waals surface area (Å²) < 4.78 is 30.8. The van der Waals surface area contributed by atoms with Gasteiger partial charge in [0.2, 0.25) is 10.0 Å². The van der Waals surface area contributed by atoms with Gasteiger partial charge in [-0.25, -0.2) is 13.1 Å². The maximum Gasteiger partial charge on any atom is 0.212 e. The molecule has 0 atom stereocenters. The summed E-state index contributed by atoms with van der Waals surface area (Å²) in [4.78, 5) is 0.883. The molecule has 0 heterocycles. The van der Waals surface area contributed by atoms with Gasteiger partial charge < -0.3 is 15.6 Å².